The van der Waals surface area contributed by atoms with E-state index < -0.39 is 5.54 Å². The van der Waals surface area contributed by atoms with Crippen molar-refractivity contribution in [3.8, 4) is 0 Å². The van der Waals surface area contributed by atoms with Crippen LogP contribution in [0, 0.1) is 0 Å². The maximum atomic E-state index is 6.19. The number of hydrogen-bond acceptors (Lipinski definition) is 5. The highest BCUT2D eigenvalue weighted by Crippen LogP contribution is 2.25. The molecule has 3 rings (SSSR count). The molecule has 1 atom stereocenters. The van der Waals surface area contributed by atoms with Gasteiger partial charge in [-0.25, -0.2) is 4.98 Å². The minimum atomic E-state index is -0.762. The summed E-state index contributed by atoms with van der Waals surface area (Å²) in [6.07, 6.45) is 1.62. The van der Waals surface area contributed by atoms with Gasteiger partial charge in [-0.1, -0.05) is 11.6 Å². The lowest BCUT2D eigenvalue weighted by Crippen LogP contribution is -2.42. The molecule has 19 heavy (non-hydrogen) atoms. The average molecular weight is 277 g/mol. The van der Waals surface area contributed by atoms with E-state index in [1.165, 1.54) is 0 Å². The van der Waals surface area contributed by atoms with Gasteiger partial charge in [-0.15, -0.1) is 10.2 Å². The first-order valence-electron chi connectivity index (χ1n) is 5.81. The predicted molar refractivity (Wildman–Crippen MR) is 73.9 cm³/mol. The molecular weight excluding hydrogens is 264 g/mol. The summed E-state index contributed by atoms with van der Waals surface area (Å²) < 4.78 is 1.82. The Hall–Kier alpha value is -1.76. The molecule has 7 heteroatoms. The second kappa shape index (κ2) is 4.12. The molecule has 0 amide bonds. The predicted octanol–water partition coefficient (Wildman–Crippen LogP) is 1.06. The molecule has 0 bridgehead atoms. The number of halogens is 1. The van der Waals surface area contributed by atoms with Gasteiger partial charge in [0.2, 0.25) is 0 Å². The highest BCUT2D eigenvalue weighted by atomic mass is 35.5. The van der Waals surface area contributed by atoms with E-state index in [4.69, 9.17) is 23.1 Å². The van der Waals surface area contributed by atoms with Gasteiger partial charge < -0.3 is 11.5 Å². The fraction of sp³-hybridized carbons (Fsp3) is 0.250. The van der Waals surface area contributed by atoms with Crippen LogP contribution in [0.15, 0.2) is 24.5 Å². The summed E-state index contributed by atoms with van der Waals surface area (Å²) in [5.74, 6) is 0. The van der Waals surface area contributed by atoms with Crippen molar-refractivity contribution in [3.63, 3.8) is 0 Å². The summed E-state index contributed by atoms with van der Waals surface area (Å²) in [5.41, 5.74) is 14.0. The maximum absolute atomic E-state index is 6.19. The lowest BCUT2D eigenvalue weighted by molar-refractivity contribution is 0.495. The molecule has 3 aromatic rings. The van der Waals surface area contributed by atoms with Crippen molar-refractivity contribution in [3.05, 3.63) is 35.2 Å². The first kappa shape index (κ1) is 12.3. The van der Waals surface area contributed by atoms with Crippen molar-refractivity contribution >= 4 is 28.3 Å². The van der Waals surface area contributed by atoms with Crippen LogP contribution in [0.2, 0.25) is 5.02 Å². The Balaban J connectivity index is 2.46. The fourth-order valence-corrected chi connectivity index (χ4v) is 2.17. The summed E-state index contributed by atoms with van der Waals surface area (Å²) in [6, 6.07) is 5.45. The highest BCUT2D eigenvalue weighted by Gasteiger charge is 2.26. The van der Waals surface area contributed by atoms with E-state index in [0.717, 1.165) is 11.0 Å². The molecule has 1 aromatic carbocycles. The van der Waals surface area contributed by atoms with E-state index in [0.29, 0.717) is 16.4 Å². The van der Waals surface area contributed by atoms with Crippen molar-refractivity contribution in [2.75, 3.05) is 6.54 Å². The molecule has 0 aliphatic heterocycles. The monoisotopic (exact) mass is 276 g/mol. The maximum Gasteiger partial charge on any atom is 0.184 e. The van der Waals surface area contributed by atoms with Crippen LogP contribution in [0.3, 0.4) is 0 Å². The lowest BCUT2D eigenvalue weighted by atomic mass is 9.99. The molecule has 6 nitrogen and oxygen atoms in total. The number of nitrogens with zero attached hydrogens (tertiary/aromatic N) is 4. The molecule has 2 heterocycles. The van der Waals surface area contributed by atoms with Crippen LogP contribution in [0.5, 0.6) is 0 Å². The van der Waals surface area contributed by atoms with Gasteiger partial charge in [-0.2, -0.15) is 0 Å². The van der Waals surface area contributed by atoms with Gasteiger partial charge in [-0.05, 0) is 25.1 Å². The van der Waals surface area contributed by atoms with E-state index >= 15 is 0 Å². The van der Waals surface area contributed by atoms with E-state index in [9.17, 15) is 0 Å². The number of fused-ring (bicyclic) bond motifs is 3. The zero-order chi connectivity index (χ0) is 13.6. The van der Waals surface area contributed by atoms with Gasteiger partial charge in [0.15, 0.2) is 5.65 Å². The fourth-order valence-electron chi connectivity index (χ4n) is 2.01. The molecule has 2 aromatic heterocycles. The quantitative estimate of drug-likeness (QED) is 0.730. The second-order valence-electron chi connectivity index (χ2n) is 4.74. The Labute approximate surface area is 114 Å². The van der Waals surface area contributed by atoms with Crippen molar-refractivity contribution in [2.24, 2.45) is 11.5 Å². The molecule has 0 saturated heterocycles. The Morgan fingerprint density at radius 2 is 2.21 bits per heavy atom. The standard InChI is InChI=1S/C12H13ClN6/c1-12(15,5-14)10-11-18-16-6-19(11)9-4-7(13)2-3-8(9)17-10/h2-4,6H,5,14-15H2,1H3. The molecule has 0 aliphatic rings. The Kier molecular flexibility index (Phi) is 2.67. The van der Waals surface area contributed by atoms with Crippen LogP contribution >= 0.6 is 11.6 Å². The van der Waals surface area contributed by atoms with Crippen molar-refractivity contribution in [1.82, 2.24) is 19.6 Å². The van der Waals surface area contributed by atoms with Crippen LogP contribution in [0.25, 0.3) is 16.7 Å². The third-order valence-electron chi connectivity index (χ3n) is 3.15. The molecule has 0 saturated carbocycles. The molecule has 0 radical (unpaired) electrons. The van der Waals surface area contributed by atoms with E-state index in [1.807, 2.05) is 23.5 Å². The number of hydrogen-bond donors (Lipinski definition) is 2. The van der Waals surface area contributed by atoms with E-state index in [2.05, 4.69) is 15.2 Å². The molecular formula is C12H13ClN6. The molecule has 0 fully saturated rings. The van der Waals surface area contributed by atoms with Gasteiger partial charge in [0.25, 0.3) is 0 Å². The summed E-state index contributed by atoms with van der Waals surface area (Å²) in [6.45, 7) is 2.09. The minimum Gasteiger partial charge on any atom is -0.328 e. The highest BCUT2D eigenvalue weighted by molar-refractivity contribution is 6.31. The van der Waals surface area contributed by atoms with Crippen molar-refractivity contribution < 1.29 is 0 Å². The first-order valence-corrected chi connectivity index (χ1v) is 6.19. The van der Waals surface area contributed by atoms with Crippen molar-refractivity contribution in [2.45, 2.75) is 12.5 Å². The lowest BCUT2D eigenvalue weighted by Gasteiger charge is -2.22. The first-order chi connectivity index (χ1) is 9.03. The normalized spacial score (nSPS) is 14.9. The van der Waals surface area contributed by atoms with E-state index in [1.54, 1.807) is 12.4 Å². The number of aromatic nitrogens is 4. The largest absolute Gasteiger partial charge is 0.328 e. The average Bonchev–Trinajstić information content (AvgIpc) is 2.87. The molecule has 1 unspecified atom stereocenters. The van der Waals surface area contributed by atoms with Crippen LogP contribution in [0.1, 0.15) is 12.6 Å². The minimum absolute atomic E-state index is 0.265. The van der Waals surface area contributed by atoms with Crippen LogP contribution in [-0.2, 0) is 5.54 Å². The summed E-state index contributed by atoms with van der Waals surface area (Å²) in [7, 11) is 0. The summed E-state index contributed by atoms with van der Waals surface area (Å²) in [4.78, 5) is 4.57. The summed E-state index contributed by atoms with van der Waals surface area (Å²) >= 11 is 6.02. The number of nitrogens with two attached hydrogens (primary N) is 2. The van der Waals surface area contributed by atoms with Crippen molar-refractivity contribution in [1.29, 1.82) is 0 Å². The Bertz CT molecular complexity index is 763. The molecule has 98 valence electrons. The zero-order valence-corrected chi connectivity index (χ0v) is 11.1. The van der Waals surface area contributed by atoms with E-state index in [-0.39, 0.29) is 6.54 Å². The number of benzene rings is 1. The third-order valence-corrected chi connectivity index (χ3v) is 3.39. The van der Waals surface area contributed by atoms with Gasteiger partial charge in [0.05, 0.1) is 16.6 Å². The van der Waals surface area contributed by atoms with Gasteiger partial charge in [0.1, 0.15) is 12.0 Å². The molecule has 4 N–H and O–H groups in total. The Morgan fingerprint density at radius 1 is 1.42 bits per heavy atom. The van der Waals surface area contributed by atoms with Crippen LogP contribution < -0.4 is 11.5 Å². The van der Waals surface area contributed by atoms with Crippen LogP contribution in [0.4, 0.5) is 0 Å². The second-order valence-corrected chi connectivity index (χ2v) is 5.18. The van der Waals surface area contributed by atoms with Gasteiger partial charge in [-0.3, -0.25) is 4.40 Å². The van der Waals surface area contributed by atoms with Gasteiger partial charge >= 0.3 is 0 Å². The topological polar surface area (TPSA) is 95.1 Å². The molecule has 0 spiro atoms. The van der Waals surface area contributed by atoms with Crippen LogP contribution in [-0.4, -0.2) is 26.1 Å². The zero-order valence-electron chi connectivity index (χ0n) is 10.3. The Morgan fingerprint density at radius 3 is 2.95 bits per heavy atom. The molecule has 0 aliphatic carbocycles. The smallest absolute Gasteiger partial charge is 0.184 e. The third kappa shape index (κ3) is 1.85. The number of rotatable bonds is 2. The van der Waals surface area contributed by atoms with Gasteiger partial charge in [0, 0.05) is 11.6 Å². The SMILES string of the molecule is CC(N)(CN)c1nc2ccc(Cl)cc2n2cnnc12. The summed E-state index contributed by atoms with van der Waals surface area (Å²) in [5, 5.41) is 8.64.